The second-order valence-corrected chi connectivity index (χ2v) is 7.92. The molecule has 0 aromatic carbocycles. The molecule has 0 bridgehead atoms. The lowest BCUT2D eigenvalue weighted by atomic mass is 9.87. The first-order valence-corrected chi connectivity index (χ1v) is 9.55. The van der Waals surface area contributed by atoms with Crippen LogP contribution in [0.3, 0.4) is 0 Å². The lowest BCUT2D eigenvalue weighted by molar-refractivity contribution is -0.0452. The number of piperidine rings is 1. The fourth-order valence-corrected chi connectivity index (χ4v) is 4.29. The highest BCUT2D eigenvalue weighted by Gasteiger charge is 2.43. The Morgan fingerprint density at radius 3 is 2.69 bits per heavy atom. The summed E-state index contributed by atoms with van der Waals surface area (Å²) in [5.74, 6) is 0. The lowest BCUT2D eigenvalue weighted by Crippen LogP contribution is -2.44. The van der Waals surface area contributed by atoms with Crippen molar-refractivity contribution >= 4 is 0 Å². The normalized spacial score (nSPS) is 23.1. The van der Waals surface area contributed by atoms with E-state index in [4.69, 9.17) is 4.74 Å². The zero-order valence-electron chi connectivity index (χ0n) is 15.8. The monoisotopic (exact) mass is 355 g/mol. The quantitative estimate of drug-likeness (QED) is 0.822. The van der Waals surface area contributed by atoms with Gasteiger partial charge in [0.25, 0.3) is 0 Å². The molecule has 0 unspecified atom stereocenters. The van der Waals surface area contributed by atoms with Crippen molar-refractivity contribution in [1.29, 1.82) is 0 Å². The Bertz CT molecular complexity index is 708. The minimum Gasteiger partial charge on any atom is -0.373 e. The average molecular weight is 355 g/mol. The molecule has 140 valence electrons. The van der Waals surface area contributed by atoms with E-state index >= 15 is 0 Å². The first kappa shape index (κ1) is 17.6. The van der Waals surface area contributed by atoms with Gasteiger partial charge in [0, 0.05) is 63.4 Å². The lowest BCUT2D eigenvalue weighted by Gasteiger charge is -2.38. The molecule has 0 aliphatic carbocycles. The van der Waals surface area contributed by atoms with Crippen molar-refractivity contribution in [3.63, 3.8) is 0 Å². The number of nitrogens with zero attached hydrogens (tertiary/aromatic N) is 5. The summed E-state index contributed by atoms with van der Waals surface area (Å²) in [5.41, 5.74) is 2.70. The van der Waals surface area contributed by atoms with Gasteiger partial charge >= 0.3 is 0 Å². The molecular weight excluding hydrogens is 326 g/mol. The number of rotatable bonds is 5. The van der Waals surface area contributed by atoms with E-state index in [2.05, 4.69) is 45.3 Å². The average Bonchev–Trinajstić information content (AvgIpc) is 3.25. The number of aromatic nitrogens is 3. The second kappa shape index (κ2) is 7.47. The first-order chi connectivity index (χ1) is 12.6. The predicted octanol–water partition coefficient (Wildman–Crippen LogP) is 2.07. The van der Waals surface area contributed by atoms with Crippen molar-refractivity contribution in [3.8, 4) is 0 Å². The number of hydrogen-bond donors (Lipinski definition) is 0. The zero-order valence-corrected chi connectivity index (χ0v) is 15.8. The van der Waals surface area contributed by atoms with Gasteiger partial charge in [-0.2, -0.15) is 5.10 Å². The van der Waals surface area contributed by atoms with Crippen LogP contribution in [0.4, 0.5) is 0 Å². The summed E-state index contributed by atoms with van der Waals surface area (Å²) in [7, 11) is 4.19. The first-order valence-electron chi connectivity index (χ1n) is 9.55. The fourth-order valence-electron chi connectivity index (χ4n) is 4.29. The topological polar surface area (TPSA) is 46.4 Å². The third-order valence-electron chi connectivity index (χ3n) is 5.93. The molecule has 1 spiro atoms. The van der Waals surface area contributed by atoms with Crippen LogP contribution >= 0.6 is 0 Å². The van der Waals surface area contributed by atoms with E-state index in [1.54, 1.807) is 0 Å². The van der Waals surface area contributed by atoms with Crippen LogP contribution in [0.2, 0.25) is 0 Å². The zero-order chi connectivity index (χ0) is 18.0. The summed E-state index contributed by atoms with van der Waals surface area (Å²) in [6, 6.07) is 4.70. The van der Waals surface area contributed by atoms with Crippen molar-refractivity contribution in [2.24, 2.45) is 7.05 Å². The Morgan fingerprint density at radius 2 is 2.00 bits per heavy atom. The molecule has 4 rings (SSSR count). The van der Waals surface area contributed by atoms with Gasteiger partial charge in [0.1, 0.15) is 0 Å². The van der Waals surface area contributed by atoms with Crippen LogP contribution in [0.25, 0.3) is 0 Å². The summed E-state index contributed by atoms with van der Waals surface area (Å²) in [5, 5.41) is 4.27. The van der Waals surface area contributed by atoms with E-state index in [1.807, 2.05) is 30.3 Å². The molecule has 2 aromatic rings. The van der Waals surface area contributed by atoms with Gasteiger partial charge in [-0.15, -0.1) is 0 Å². The largest absolute Gasteiger partial charge is 0.373 e. The van der Waals surface area contributed by atoms with Crippen LogP contribution in [0.15, 0.2) is 36.9 Å². The number of likely N-dealkylation sites (N-methyl/N-ethyl adjacent to an activating group) is 1. The molecule has 2 aliphatic heterocycles. The molecule has 4 heterocycles. The Morgan fingerprint density at radius 1 is 1.23 bits per heavy atom. The number of ether oxygens (including phenoxy) is 1. The molecule has 0 N–H and O–H groups in total. The van der Waals surface area contributed by atoms with E-state index in [0.717, 1.165) is 52.0 Å². The molecule has 6 nitrogen and oxygen atoms in total. The van der Waals surface area contributed by atoms with Crippen LogP contribution < -0.4 is 0 Å². The van der Waals surface area contributed by atoms with Crippen molar-refractivity contribution in [1.82, 2.24) is 24.6 Å². The molecule has 2 fully saturated rings. The van der Waals surface area contributed by atoms with Crippen molar-refractivity contribution in [3.05, 3.63) is 48.0 Å². The molecule has 6 heteroatoms. The number of aryl methyl sites for hydroxylation is 1. The number of hydrogen-bond acceptors (Lipinski definition) is 5. The summed E-state index contributed by atoms with van der Waals surface area (Å²) >= 11 is 0. The number of pyridine rings is 1. The predicted molar refractivity (Wildman–Crippen MR) is 101 cm³/mol. The maximum absolute atomic E-state index is 6.36. The van der Waals surface area contributed by atoms with Gasteiger partial charge in [-0.1, -0.05) is 0 Å². The van der Waals surface area contributed by atoms with Crippen molar-refractivity contribution in [2.45, 2.75) is 44.0 Å². The maximum Gasteiger partial charge on any atom is 0.0723 e. The number of likely N-dealkylation sites (tertiary alicyclic amines) is 1. The summed E-state index contributed by atoms with van der Waals surface area (Å²) in [6.45, 7) is 5.02. The molecule has 2 saturated heterocycles. The Kier molecular flexibility index (Phi) is 5.07. The molecule has 2 aromatic heterocycles. The van der Waals surface area contributed by atoms with Gasteiger partial charge in [-0.3, -0.25) is 19.5 Å². The summed E-state index contributed by atoms with van der Waals surface area (Å²) in [6.07, 6.45) is 11.2. The molecule has 1 atom stereocenters. The van der Waals surface area contributed by atoms with E-state index in [9.17, 15) is 0 Å². The van der Waals surface area contributed by atoms with Gasteiger partial charge in [0.15, 0.2) is 0 Å². The molecular formula is C20H29N5O. The molecule has 0 saturated carbocycles. The van der Waals surface area contributed by atoms with E-state index in [0.29, 0.717) is 6.04 Å². The third kappa shape index (κ3) is 3.98. The van der Waals surface area contributed by atoms with E-state index in [-0.39, 0.29) is 5.60 Å². The van der Waals surface area contributed by atoms with Gasteiger partial charge < -0.3 is 4.74 Å². The second-order valence-electron chi connectivity index (χ2n) is 7.92. The van der Waals surface area contributed by atoms with Crippen LogP contribution in [-0.2, 0) is 24.9 Å². The Balaban J connectivity index is 1.28. The molecule has 0 amide bonds. The van der Waals surface area contributed by atoms with Crippen molar-refractivity contribution in [2.75, 3.05) is 26.7 Å². The van der Waals surface area contributed by atoms with Crippen LogP contribution in [0.5, 0.6) is 0 Å². The fraction of sp³-hybridized carbons (Fsp3) is 0.600. The summed E-state index contributed by atoms with van der Waals surface area (Å²) in [4.78, 5) is 9.07. The standard InChI is InChI=1S/C20H29N5O/c1-23(13-17-3-7-21-8-4-17)19-11-20(26-16-19)5-9-25(10-6-20)15-18-12-22-24(2)14-18/h3-4,7-8,12,14,19H,5-6,9-11,13,15-16H2,1-2H3/t19-/m0/s1. The highest BCUT2D eigenvalue weighted by Crippen LogP contribution is 2.37. The molecule has 2 aliphatic rings. The van der Waals surface area contributed by atoms with E-state index < -0.39 is 0 Å². The van der Waals surface area contributed by atoms with Crippen LogP contribution in [0.1, 0.15) is 30.4 Å². The SMILES string of the molecule is CN(Cc1ccncc1)[C@@H]1COC2(CCN(Cc3cnn(C)c3)CC2)C1. The smallest absolute Gasteiger partial charge is 0.0723 e. The van der Waals surface area contributed by atoms with Crippen molar-refractivity contribution < 1.29 is 4.74 Å². The Hall–Kier alpha value is -1.76. The maximum atomic E-state index is 6.36. The molecule has 0 radical (unpaired) electrons. The third-order valence-corrected chi connectivity index (χ3v) is 5.93. The minimum absolute atomic E-state index is 0.0859. The van der Waals surface area contributed by atoms with Gasteiger partial charge in [-0.25, -0.2) is 0 Å². The van der Waals surface area contributed by atoms with E-state index in [1.165, 1.54) is 11.1 Å². The van der Waals surface area contributed by atoms with Gasteiger partial charge in [-0.05, 0) is 44.0 Å². The van der Waals surface area contributed by atoms with Gasteiger partial charge in [0.05, 0.1) is 18.4 Å². The molecule has 26 heavy (non-hydrogen) atoms. The minimum atomic E-state index is 0.0859. The highest BCUT2D eigenvalue weighted by molar-refractivity contribution is 5.10. The Labute approximate surface area is 155 Å². The summed E-state index contributed by atoms with van der Waals surface area (Å²) < 4.78 is 8.24. The van der Waals surface area contributed by atoms with Crippen LogP contribution in [-0.4, -0.2) is 63.0 Å². The van der Waals surface area contributed by atoms with Crippen LogP contribution in [0, 0.1) is 0 Å². The van der Waals surface area contributed by atoms with Gasteiger partial charge in [0.2, 0.25) is 0 Å². The highest BCUT2D eigenvalue weighted by atomic mass is 16.5.